The van der Waals surface area contributed by atoms with E-state index in [0.29, 0.717) is 11.3 Å². The molecule has 17 heteroatoms. The molecule has 284 valence electrons. The molecule has 1 aliphatic rings. The van der Waals surface area contributed by atoms with Crippen LogP contribution in [-0.2, 0) is 27.7 Å². The first kappa shape index (κ1) is 38.6. The topological polar surface area (TPSA) is 147 Å². The van der Waals surface area contributed by atoms with E-state index in [1.165, 1.54) is 15.3 Å². The predicted octanol–water partition coefficient (Wildman–Crippen LogP) is 7.09. The highest BCUT2D eigenvalue weighted by atomic mass is 35.5. The van der Waals surface area contributed by atoms with Crippen LogP contribution in [0.2, 0.25) is 5.02 Å². The zero-order valence-corrected chi connectivity index (χ0v) is 31.4. The van der Waals surface area contributed by atoms with Crippen LogP contribution in [0.5, 0.6) is 0 Å². The zero-order chi connectivity index (χ0) is 38.6. The summed E-state index contributed by atoms with van der Waals surface area (Å²) >= 11 is 6.70. The van der Waals surface area contributed by atoms with E-state index >= 15 is 0 Å². The number of aryl methyl sites for hydroxylation is 1. The molecule has 1 fully saturated rings. The van der Waals surface area contributed by atoms with Gasteiger partial charge < -0.3 is 10.5 Å². The van der Waals surface area contributed by atoms with E-state index < -0.39 is 44.8 Å². The van der Waals surface area contributed by atoms with Crippen LogP contribution in [0.25, 0.3) is 27.6 Å². The Morgan fingerprint density at radius 2 is 1.74 bits per heavy atom. The van der Waals surface area contributed by atoms with Gasteiger partial charge in [0, 0.05) is 30.5 Å². The standard InChI is InChI=1S/C36H40ClF4N7O4S/c1-19-14-26(21-8-10-36(40,41)11-9-21)43-31-28(19)34(49)48(33(44-31)25(42)17-20-15-22(38)18-23(39)16-20)27-7-6-24(37)29-30(27)47(12-13-52-35(2,3)4)45-32(29)46-53(5,50)51/h6-7,14-16,18,21,25H,8-13,17,42H2,1-5H3,(H,45,46)/t25-/m0/s1. The first-order valence-corrected chi connectivity index (χ1v) is 19.3. The molecular weight excluding hydrogens is 738 g/mol. The lowest BCUT2D eigenvalue weighted by Gasteiger charge is -2.28. The lowest BCUT2D eigenvalue weighted by atomic mass is 9.84. The molecule has 1 aliphatic carbocycles. The van der Waals surface area contributed by atoms with E-state index in [1.54, 1.807) is 19.1 Å². The molecule has 1 atom stereocenters. The number of aromatic nitrogens is 5. The Kier molecular flexibility index (Phi) is 10.4. The van der Waals surface area contributed by atoms with Crippen LogP contribution in [-0.4, -0.2) is 57.1 Å². The van der Waals surface area contributed by atoms with Gasteiger partial charge in [-0.3, -0.25) is 18.8 Å². The molecule has 3 aromatic heterocycles. The molecular formula is C36H40ClF4N7O4S. The second-order valence-electron chi connectivity index (χ2n) is 14.6. The summed E-state index contributed by atoms with van der Waals surface area (Å²) in [4.78, 5) is 24.4. The average Bonchev–Trinajstić information content (AvgIpc) is 3.37. The first-order chi connectivity index (χ1) is 24.7. The molecule has 6 rings (SSSR count). The fraction of sp³-hybridized carbons (Fsp3) is 0.444. The Balaban J connectivity index is 1.61. The smallest absolute Gasteiger partial charge is 0.268 e. The van der Waals surface area contributed by atoms with E-state index in [4.69, 9.17) is 32.0 Å². The summed E-state index contributed by atoms with van der Waals surface area (Å²) in [5.74, 6) is -4.79. The Hall–Kier alpha value is -4.12. The molecule has 0 spiro atoms. The molecule has 0 aliphatic heterocycles. The van der Waals surface area contributed by atoms with Crippen LogP contribution >= 0.6 is 11.6 Å². The van der Waals surface area contributed by atoms with Crippen LogP contribution < -0.4 is 16.0 Å². The van der Waals surface area contributed by atoms with Crippen molar-refractivity contribution < 1.29 is 30.7 Å². The molecule has 3 heterocycles. The Morgan fingerprint density at radius 1 is 1.08 bits per heavy atom. The molecule has 11 nitrogen and oxygen atoms in total. The SMILES string of the molecule is Cc1cc(C2CCC(F)(F)CC2)nc2nc([C@@H](N)Cc3cc(F)cc(F)c3)n(-c3ccc(Cl)c4c(NS(C)(=O)=O)nn(CCOC(C)(C)C)c34)c(=O)c12. The van der Waals surface area contributed by atoms with Gasteiger partial charge in [0.25, 0.3) is 5.56 Å². The number of alkyl halides is 2. The van der Waals surface area contributed by atoms with E-state index in [9.17, 15) is 30.8 Å². The number of hydrogen-bond acceptors (Lipinski definition) is 8. The molecule has 0 amide bonds. The molecule has 0 unspecified atom stereocenters. The Labute approximate surface area is 308 Å². The van der Waals surface area contributed by atoms with Gasteiger partial charge >= 0.3 is 0 Å². The van der Waals surface area contributed by atoms with Gasteiger partial charge in [-0.05, 0) is 88.4 Å². The number of benzene rings is 2. The summed E-state index contributed by atoms with van der Waals surface area (Å²) in [6, 6.07) is 6.56. The maximum atomic E-state index is 14.8. The van der Waals surface area contributed by atoms with Gasteiger partial charge in [-0.15, -0.1) is 0 Å². The van der Waals surface area contributed by atoms with Gasteiger partial charge in [0.15, 0.2) is 11.5 Å². The van der Waals surface area contributed by atoms with Crippen molar-refractivity contribution in [2.75, 3.05) is 17.6 Å². The normalized spacial score (nSPS) is 16.1. The molecule has 3 N–H and O–H groups in total. The number of nitrogens with zero attached hydrogens (tertiary/aromatic N) is 5. The molecule has 0 saturated heterocycles. The van der Waals surface area contributed by atoms with Crippen molar-refractivity contribution in [3.05, 3.63) is 86.1 Å². The van der Waals surface area contributed by atoms with Crippen molar-refractivity contribution >= 4 is 49.4 Å². The third-order valence-corrected chi connectivity index (χ3v) is 9.99. The highest BCUT2D eigenvalue weighted by Gasteiger charge is 2.36. The highest BCUT2D eigenvalue weighted by Crippen LogP contribution is 2.41. The maximum absolute atomic E-state index is 14.8. The lowest BCUT2D eigenvalue weighted by molar-refractivity contribution is -0.0384. The Morgan fingerprint density at radius 3 is 2.36 bits per heavy atom. The van der Waals surface area contributed by atoms with Crippen LogP contribution in [0.15, 0.2) is 41.2 Å². The minimum atomic E-state index is -3.85. The fourth-order valence-electron chi connectivity index (χ4n) is 6.79. The van der Waals surface area contributed by atoms with Crippen LogP contribution in [0.1, 0.15) is 81.1 Å². The quantitative estimate of drug-likeness (QED) is 0.143. The van der Waals surface area contributed by atoms with Crippen molar-refractivity contribution in [1.29, 1.82) is 0 Å². The van der Waals surface area contributed by atoms with Crippen molar-refractivity contribution in [2.24, 2.45) is 5.73 Å². The highest BCUT2D eigenvalue weighted by molar-refractivity contribution is 7.92. The summed E-state index contributed by atoms with van der Waals surface area (Å²) in [6.07, 6.45) is 0.640. The largest absolute Gasteiger partial charge is 0.374 e. The van der Waals surface area contributed by atoms with E-state index in [0.717, 1.165) is 24.5 Å². The minimum Gasteiger partial charge on any atom is -0.374 e. The number of fused-ring (bicyclic) bond motifs is 2. The van der Waals surface area contributed by atoms with Gasteiger partial charge in [-0.1, -0.05) is 11.6 Å². The molecule has 53 heavy (non-hydrogen) atoms. The molecule has 5 aromatic rings. The van der Waals surface area contributed by atoms with Gasteiger partial charge in [0.2, 0.25) is 15.9 Å². The van der Waals surface area contributed by atoms with Crippen molar-refractivity contribution in [3.63, 3.8) is 0 Å². The minimum absolute atomic E-state index is 0.0335. The number of rotatable bonds is 10. The van der Waals surface area contributed by atoms with Crippen LogP contribution in [0, 0.1) is 18.6 Å². The van der Waals surface area contributed by atoms with Crippen molar-refractivity contribution in [1.82, 2.24) is 24.3 Å². The summed E-state index contributed by atoms with van der Waals surface area (Å²) in [5, 5.41) is 4.97. The predicted molar refractivity (Wildman–Crippen MR) is 195 cm³/mol. The second-order valence-corrected chi connectivity index (χ2v) is 16.7. The maximum Gasteiger partial charge on any atom is 0.268 e. The van der Waals surface area contributed by atoms with Crippen LogP contribution in [0.4, 0.5) is 23.4 Å². The second kappa shape index (κ2) is 14.3. The van der Waals surface area contributed by atoms with Gasteiger partial charge in [0.05, 0.1) is 58.0 Å². The molecule has 0 bridgehead atoms. The third-order valence-electron chi connectivity index (χ3n) is 9.11. The average molecular weight is 778 g/mol. The fourth-order valence-corrected chi connectivity index (χ4v) is 7.53. The number of halogens is 5. The first-order valence-electron chi connectivity index (χ1n) is 17.0. The summed E-state index contributed by atoms with van der Waals surface area (Å²) in [5.41, 5.74) is 7.32. The van der Waals surface area contributed by atoms with Crippen molar-refractivity contribution in [2.45, 2.75) is 89.8 Å². The van der Waals surface area contributed by atoms with Crippen molar-refractivity contribution in [3.8, 4) is 5.69 Å². The van der Waals surface area contributed by atoms with Gasteiger partial charge in [-0.25, -0.2) is 35.9 Å². The molecule has 2 aromatic carbocycles. The number of nitrogens with two attached hydrogens (primary N) is 1. The lowest BCUT2D eigenvalue weighted by Crippen LogP contribution is -2.31. The summed E-state index contributed by atoms with van der Waals surface area (Å²) in [6.45, 7) is 7.57. The van der Waals surface area contributed by atoms with E-state index in [1.807, 2.05) is 20.8 Å². The number of anilines is 1. The van der Waals surface area contributed by atoms with Gasteiger partial charge in [-0.2, -0.15) is 5.10 Å². The third kappa shape index (κ3) is 8.50. The summed E-state index contributed by atoms with van der Waals surface area (Å²) in [7, 11) is -3.85. The number of ether oxygens (including phenoxy) is 1. The summed E-state index contributed by atoms with van der Waals surface area (Å²) < 4.78 is 92.5. The molecule has 0 radical (unpaired) electrons. The van der Waals surface area contributed by atoms with Gasteiger partial charge in [0.1, 0.15) is 17.5 Å². The number of nitrogens with one attached hydrogen (secondary N) is 1. The number of pyridine rings is 1. The van der Waals surface area contributed by atoms with E-state index in [2.05, 4.69) is 9.82 Å². The van der Waals surface area contributed by atoms with E-state index in [-0.39, 0.29) is 101 Å². The zero-order valence-electron chi connectivity index (χ0n) is 29.8. The number of hydrogen-bond donors (Lipinski definition) is 2. The monoisotopic (exact) mass is 777 g/mol. The Bertz CT molecular complexity index is 2370. The number of sulfonamides is 1. The molecule has 1 saturated carbocycles. The van der Waals surface area contributed by atoms with Crippen LogP contribution in [0.3, 0.4) is 0 Å².